The summed E-state index contributed by atoms with van der Waals surface area (Å²) in [6.07, 6.45) is 0. The molecule has 0 saturated heterocycles. The number of sulfonamides is 1. The number of hydrazine groups is 1. The van der Waals surface area contributed by atoms with Gasteiger partial charge in [-0.2, -0.15) is 5.10 Å². The molecule has 0 saturated carbocycles. The second-order valence-electron chi connectivity index (χ2n) is 5.83. The molecule has 11 heteroatoms. The van der Waals surface area contributed by atoms with Gasteiger partial charge in [0.1, 0.15) is 12.4 Å². The zero-order valence-corrected chi connectivity index (χ0v) is 16.2. The summed E-state index contributed by atoms with van der Waals surface area (Å²) in [7, 11) is -4.10. The number of carbonyl (C=O) groups is 1. The molecule has 150 valence electrons. The molecular formula is C18H14ClFN4O4S. The number of halogens is 2. The first-order valence-electron chi connectivity index (χ1n) is 8.15. The third kappa shape index (κ3) is 5.25. The molecule has 29 heavy (non-hydrogen) atoms. The molecule has 1 amide bonds. The van der Waals surface area contributed by atoms with Crippen LogP contribution < -0.4 is 15.8 Å². The highest BCUT2D eigenvalue weighted by atomic mass is 35.5. The molecular weight excluding hydrogens is 423 g/mol. The van der Waals surface area contributed by atoms with E-state index in [1.807, 2.05) is 10.3 Å². The van der Waals surface area contributed by atoms with E-state index in [0.717, 1.165) is 28.9 Å². The van der Waals surface area contributed by atoms with Crippen LogP contribution in [0, 0.1) is 5.82 Å². The Labute approximate surface area is 170 Å². The smallest absolute Gasteiger partial charge is 0.267 e. The Bertz CT molecular complexity index is 1200. The maximum atomic E-state index is 12.9. The Kier molecular flexibility index (Phi) is 6.06. The molecule has 0 aliphatic carbocycles. The zero-order valence-electron chi connectivity index (χ0n) is 14.7. The molecule has 0 aliphatic heterocycles. The fourth-order valence-electron chi connectivity index (χ4n) is 2.31. The Balaban J connectivity index is 1.70. The van der Waals surface area contributed by atoms with Crippen molar-refractivity contribution in [1.29, 1.82) is 0 Å². The predicted octanol–water partition coefficient (Wildman–Crippen LogP) is 1.71. The first kappa shape index (κ1) is 20.6. The molecule has 0 atom stereocenters. The Morgan fingerprint density at radius 2 is 1.69 bits per heavy atom. The SMILES string of the molecule is O=C(Cn1nc(-c2ccc(Cl)cc2)ccc1=O)NNS(=O)(=O)c1ccc(F)cc1. The van der Waals surface area contributed by atoms with Crippen LogP contribution in [0.4, 0.5) is 4.39 Å². The fraction of sp³-hybridized carbons (Fsp3) is 0.0556. The van der Waals surface area contributed by atoms with E-state index in [-0.39, 0.29) is 4.90 Å². The number of nitrogens with zero attached hydrogens (tertiary/aromatic N) is 2. The minimum absolute atomic E-state index is 0.237. The summed E-state index contributed by atoms with van der Waals surface area (Å²) in [6.45, 7) is -0.522. The molecule has 1 heterocycles. The van der Waals surface area contributed by atoms with Gasteiger partial charge in [0, 0.05) is 16.7 Å². The van der Waals surface area contributed by atoms with Gasteiger partial charge in [-0.15, -0.1) is 4.83 Å². The van der Waals surface area contributed by atoms with E-state index >= 15 is 0 Å². The maximum absolute atomic E-state index is 12.9. The van der Waals surface area contributed by atoms with Crippen LogP contribution in [0.2, 0.25) is 5.02 Å². The molecule has 1 aromatic heterocycles. The highest BCUT2D eigenvalue weighted by molar-refractivity contribution is 7.89. The van der Waals surface area contributed by atoms with Gasteiger partial charge >= 0.3 is 0 Å². The number of carbonyl (C=O) groups excluding carboxylic acids is 1. The topological polar surface area (TPSA) is 110 Å². The lowest BCUT2D eigenvalue weighted by Crippen LogP contribution is -2.44. The van der Waals surface area contributed by atoms with Crippen LogP contribution in [-0.2, 0) is 21.4 Å². The lowest BCUT2D eigenvalue weighted by atomic mass is 10.1. The number of rotatable bonds is 6. The Hall–Kier alpha value is -3.08. The third-order valence-electron chi connectivity index (χ3n) is 3.75. The van der Waals surface area contributed by atoms with E-state index in [2.05, 4.69) is 5.10 Å². The van der Waals surface area contributed by atoms with Crippen molar-refractivity contribution in [3.05, 3.63) is 81.9 Å². The predicted molar refractivity (Wildman–Crippen MR) is 104 cm³/mol. The summed E-state index contributed by atoms with van der Waals surface area (Å²) >= 11 is 5.84. The Morgan fingerprint density at radius 3 is 2.34 bits per heavy atom. The highest BCUT2D eigenvalue weighted by Gasteiger charge is 2.16. The van der Waals surface area contributed by atoms with E-state index in [0.29, 0.717) is 16.3 Å². The van der Waals surface area contributed by atoms with Gasteiger partial charge in [-0.05, 0) is 42.5 Å². The Morgan fingerprint density at radius 1 is 1.03 bits per heavy atom. The summed E-state index contributed by atoms with van der Waals surface area (Å²) in [6, 6.07) is 13.5. The fourth-order valence-corrected chi connectivity index (χ4v) is 3.30. The van der Waals surface area contributed by atoms with Crippen molar-refractivity contribution in [3.8, 4) is 11.3 Å². The summed E-state index contributed by atoms with van der Waals surface area (Å²) in [5, 5.41) is 4.64. The highest BCUT2D eigenvalue weighted by Crippen LogP contribution is 2.18. The van der Waals surface area contributed by atoms with Gasteiger partial charge in [-0.25, -0.2) is 17.5 Å². The summed E-state index contributed by atoms with van der Waals surface area (Å²) < 4.78 is 38.0. The molecule has 0 aliphatic rings. The van der Waals surface area contributed by atoms with Crippen LogP contribution in [0.15, 0.2) is 70.4 Å². The van der Waals surface area contributed by atoms with Gasteiger partial charge in [0.05, 0.1) is 10.6 Å². The van der Waals surface area contributed by atoms with Crippen LogP contribution in [0.5, 0.6) is 0 Å². The minimum Gasteiger partial charge on any atom is -0.276 e. The molecule has 8 nitrogen and oxygen atoms in total. The quantitative estimate of drug-likeness (QED) is 0.571. The van der Waals surface area contributed by atoms with Crippen LogP contribution in [0.1, 0.15) is 0 Å². The van der Waals surface area contributed by atoms with Crippen molar-refractivity contribution in [2.24, 2.45) is 0 Å². The zero-order chi connectivity index (χ0) is 21.0. The van der Waals surface area contributed by atoms with Gasteiger partial charge in [0.15, 0.2) is 0 Å². The first-order valence-corrected chi connectivity index (χ1v) is 10.0. The van der Waals surface area contributed by atoms with Crippen molar-refractivity contribution in [1.82, 2.24) is 20.0 Å². The molecule has 0 radical (unpaired) electrons. The van der Waals surface area contributed by atoms with E-state index in [1.165, 1.54) is 12.1 Å². The average Bonchev–Trinajstić information content (AvgIpc) is 2.69. The lowest BCUT2D eigenvalue weighted by molar-refractivity contribution is -0.122. The normalized spacial score (nSPS) is 11.2. The standard InChI is InChI=1S/C18H14ClFN4O4S/c19-13-3-1-12(2-4-13)16-9-10-18(26)24(22-16)11-17(25)21-23-29(27,28)15-7-5-14(20)6-8-15/h1-10,23H,11H2,(H,21,25). The molecule has 2 aromatic carbocycles. The van der Waals surface area contributed by atoms with Crippen LogP contribution in [-0.4, -0.2) is 24.1 Å². The lowest BCUT2D eigenvalue weighted by Gasteiger charge is -2.10. The van der Waals surface area contributed by atoms with Gasteiger partial charge in [0.25, 0.3) is 21.5 Å². The number of amides is 1. The van der Waals surface area contributed by atoms with E-state index in [9.17, 15) is 22.4 Å². The summed E-state index contributed by atoms with van der Waals surface area (Å²) in [5.74, 6) is -1.42. The molecule has 0 spiro atoms. The van der Waals surface area contributed by atoms with Crippen molar-refractivity contribution in [2.45, 2.75) is 11.4 Å². The van der Waals surface area contributed by atoms with Gasteiger partial charge < -0.3 is 0 Å². The van der Waals surface area contributed by atoms with Crippen molar-refractivity contribution < 1.29 is 17.6 Å². The molecule has 2 N–H and O–H groups in total. The maximum Gasteiger partial charge on any atom is 0.267 e. The third-order valence-corrected chi connectivity index (χ3v) is 5.26. The van der Waals surface area contributed by atoms with E-state index in [1.54, 1.807) is 24.3 Å². The number of nitrogens with one attached hydrogen (secondary N) is 2. The van der Waals surface area contributed by atoms with Crippen LogP contribution in [0.25, 0.3) is 11.3 Å². The number of hydrogen-bond donors (Lipinski definition) is 2. The molecule has 0 unspecified atom stereocenters. The van der Waals surface area contributed by atoms with Crippen molar-refractivity contribution in [2.75, 3.05) is 0 Å². The molecule has 0 bridgehead atoms. The second-order valence-corrected chi connectivity index (χ2v) is 7.95. The van der Waals surface area contributed by atoms with Crippen LogP contribution >= 0.6 is 11.6 Å². The minimum atomic E-state index is -4.10. The largest absolute Gasteiger partial charge is 0.276 e. The first-order chi connectivity index (χ1) is 13.7. The second kappa shape index (κ2) is 8.52. The van der Waals surface area contributed by atoms with Gasteiger partial charge in [-0.1, -0.05) is 23.7 Å². The molecule has 3 aromatic rings. The summed E-state index contributed by atoms with van der Waals surface area (Å²) in [4.78, 5) is 25.7. The number of benzene rings is 2. The number of hydrogen-bond acceptors (Lipinski definition) is 5. The van der Waals surface area contributed by atoms with E-state index < -0.39 is 33.9 Å². The molecule has 3 rings (SSSR count). The summed E-state index contributed by atoms with van der Waals surface area (Å²) in [5.41, 5.74) is 2.56. The number of aromatic nitrogens is 2. The van der Waals surface area contributed by atoms with Crippen molar-refractivity contribution >= 4 is 27.5 Å². The van der Waals surface area contributed by atoms with Gasteiger partial charge in [0.2, 0.25) is 0 Å². The average molecular weight is 437 g/mol. The van der Waals surface area contributed by atoms with Crippen LogP contribution in [0.3, 0.4) is 0 Å². The molecule has 0 fully saturated rings. The monoisotopic (exact) mass is 436 g/mol. The van der Waals surface area contributed by atoms with Gasteiger partial charge in [-0.3, -0.25) is 15.0 Å². The van der Waals surface area contributed by atoms with Crippen molar-refractivity contribution in [3.63, 3.8) is 0 Å². The van der Waals surface area contributed by atoms with E-state index in [4.69, 9.17) is 11.6 Å².